The third kappa shape index (κ3) is 7.00. The van der Waals surface area contributed by atoms with Crippen molar-refractivity contribution in [3.63, 3.8) is 0 Å². The molecule has 0 fully saturated rings. The molecule has 0 bridgehead atoms. The summed E-state index contributed by atoms with van der Waals surface area (Å²) in [5.74, 6) is -2.01. The summed E-state index contributed by atoms with van der Waals surface area (Å²) in [4.78, 5) is 31.3. The minimum absolute atomic E-state index is 0.670. The zero-order valence-corrected chi connectivity index (χ0v) is 8.45. The first-order valence-corrected chi connectivity index (χ1v) is 4.56. The maximum atomic E-state index is 10.4. The van der Waals surface area contributed by atoms with Gasteiger partial charge < -0.3 is 13.3 Å². The Kier molecular flexibility index (Phi) is 4.74. The number of rotatable bonds is 3. The normalized spacial score (nSPS) is 9.23. The van der Waals surface area contributed by atoms with Crippen LogP contribution in [-0.2, 0) is 27.7 Å². The molecule has 0 saturated carbocycles. The molecule has 6 nitrogen and oxygen atoms in total. The number of carbonyl (C=O) groups excluding carboxylic acids is 3. The van der Waals surface area contributed by atoms with Crippen molar-refractivity contribution in [2.45, 2.75) is 20.8 Å². The standard InChI is InChI=1S/C6H9O6Si/c1-4(7)10-13(11-5(2)8)12-6(3)9/h1-3H3. The first-order valence-electron chi connectivity index (χ1n) is 3.34. The van der Waals surface area contributed by atoms with E-state index >= 15 is 0 Å². The Balaban J connectivity index is 4.10. The van der Waals surface area contributed by atoms with E-state index in [2.05, 4.69) is 13.3 Å². The molecular weight excluding hydrogens is 196 g/mol. The van der Waals surface area contributed by atoms with E-state index in [0.29, 0.717) is 0 Å². The average molecular weight is 205 g/mol. The highest BCUT2D eigenvalue weighted by molar-refractivity contribution is 6.43. The van der Waals surface area contributed by atoms with Crippen molar-refractivity contribution in [1.29, 1.82) is 0 Å². The molecule has 7 heteroatoms. The third-order valence-corrected chi connectivity index (χ3v) is 2.04. The SMILES string of the molecule is CC(=O)O[Si](OC(C)=O)OC(C)=O. The van der Waals surface area contributed by atoms with Gasteiger partial charge in [0.05, 0.1) is 0 Å². The highest BCUT2D eigenvalue weighted by Gasteiger charge is 2.31. The molecule has 0 amide bonds. The maximum Gasteiger partial charge on any atom is 0.824 e. The van der Waals surface area contributed by atoms with Crippen LogP contribution in [0.5, 0.6) is 0 Å². The van der Waals surface area contributed by atoms with Gasteiger partial charge in [-0.2, -0.15) is 0 Å². The van der Waals surface area contributed by atoms with Crippen LogP contribution in [0.15, 0.2) is 0 Å². The predicted molar refractivity (Wildman–Crippen MR) is 41.1 cm³/mol. The van der Waals surface area contributed by atoms with Crippen LogP contribution in [0, 0.1) is 0 Å². The Morgan fingerprint density at radius 1 is 0.769 bits per heavy atom. The highest BCUT2D eigenvalue weighted by Crippen LogP contribution is 1.94. The van der Waals surface area contributed by atoms with Crippen molar-refractivity contribution in [2.75, 3.05) is 0 Å². The Hall–Kier alpha value is -1.37. The summed E-state index contributed by atoms with van der Waals surface area (Å²) >= 11 is 0. The van der Waals surface area contributed by atoms with Gasteiger partial charge in [0.25, 0.3) is 17.9 Å². The van der Waals surface area contributed by atoms with E-state index in [1.807, 2.05) is 0 Å². The summed E-state index contributed by atoms with van der Waals surface area (Å²) < 4.78 is 13.3. The summed E-state index contributed by atoms with van der Waals surface area (Å²) in [6, 6.07) is 0. The van der Waals surface area contributed by atoms with Gasteiger partial charge in [-0.05, 0) is 0 Å². The van der Waals surface area contributed by atoms with Gasteiger partial charge >= 0.3 is 9.53 Å². The molecule has 0 saturated heterocycles. The fourth-order valence-corrected chi connectivity index (χ4v) is 1.24. The second-order valence-electron chi connectivity index (χ2n) is 2.03. The molecule has 0 aromatic heterocycles. The summed E-state index contributed by atoms with van der Waals surface area (Å²) in [6.45, 7) is 3.37. The molecule has 0 aliphatic carbocycles. The molecular formula is C6H9O6Si. The maximum absolute atomic E-state index is 10.4. The van der Waals surface area contributed by atoms with E-state index < -0.39 is 27.4 Å². The Labute approximate surface area is 76.7 Å². The number of carbonyl (C=O) groups is 3. The Morgan fingerprint density at radius 2 is 1.00 bits per heavy atom. The summed E-state index contributed by atoms with van der Waals surface area (Å²) in [6.07, 6.45) is 0. The lowest BCUT2D eigenvalue weighted by atomic mass is 10.9. The molecule has 0 heterocycles. The summed E-state index contributed by atoms with van der Waals surface area (Å²) in [7, 11) is -2.59. The molecule has 0 rings (SSSR count). The molecule has 0 unspecified atom stereocenters. The molecule has 0 N–H and O–H groups in total. The number of hydrogen-bond donors (Lipinski definition) is 0. The largest absolute Gasteiger partial charge is 0.824 e. The van der Waals surface area contributed by atoms with Gasteiger partial charge in [-0.25, -0.2) is 0 Å². The van der Waals surface area contributed by atoms with Gasteiger partial charge in [-0.1, -0.05) is 0 Å². The minimum Gasteiger partial charge on any atom is -0.451 e. The predicted octanol–water partition coefficient (Wildman–Crippen LogP) is -0.339. The fraction of sp³-hybridized carbons (Fsp3) is 0.500. The van der Waals surface area contributed by atoms with Gasteiger partial charge in [0.1, 0.15) is 0 Å². The Morgan fingerprint density at radius 3 is 1.15 bits per heavy atom. The first-order chi connectivity index (χ1) is 5.91. The van der Waals surface area contributed by atoms with Crippen LogP contribution in [0.25, 0.3) is 0 Å². The van der Waals surface area contributed by atoms with E-state index in [1.165, 1.54) is 0 Å². The third-order valence-electron chi connectivity index (χ3n) is 0.681. The zero-order valence-electron chi connectivity index (χ0n) is 7.45. The lowest BCUT2D eigenvalue weighted by molar-refractivity contribution is -0.144. The summed E-state index contributed by atoms with van der Waals surface area (Å²) in [5.41, 5.74) is 0. The fourth-order valence-electron chi connectivity index (χ4n) is 0.415. The van der Waals surface area contributed by atoms with E-state index in [1.54, 1.807) is 0 Å². The van der Waals surface area contributed by atoms with Crippen molar-refractivity contribution in [3.8, 4) is 0 Å². The molecule has 73 valence electrons. The summed E-state index contributed by atoms with van der Waals surface area (Å²) in [5, 5.41) is 0. The zero-order chi connectivity index (χ0) is 10.4. The van der Waals surface area contributed by atoms with Crippen LogP contribution in [0.1, 0.15) is 20.8 Å². The van der Waals surface area contributed by atoms with Crippen LogP contribution in [0.2, 0.25) is 0 Å². The smallest absolute Gasteiger partial charge is 0.451 e. The van der Waals surface area contributed by atoms with Gasteiger partial charge in [0.2, 0.25) is 0 Å². The second kappa shape index (κ2) is 5.30. The molecule has 0 aromatic carbocycles. The van der Waals surface area contributed by atoms with Crippen molar-refractivity contribution in [2.24, 2.45) is 0 Å². The van der Waals surface area contributed by atoms with Gasteiger partial charge in [0, 0.05) is 20.8 Å². The molecule has 13 heavy (non-hydrogen) atoms. The van der Waals surface area contributed by atoms with E-state index in [4.69, 9.17) is 0 Å². The van der Waals surface area contributed by atoms with Crippen molar-refractivity contribution in [3.05, 3.63) is 0 Å². The molecule has 0 atom stereocenters. The quantitative estimate of drug-likeness (QED) is 0.586. The molecule has 0 aromatic rings. The van der Waals surface area contributed by atoms with Crippen molar-refractivity contribution < 1.29 is 27.7 Å². The van der Waals surface area contributed by atoms with Crippen LogP contribution in [-0.4, -0.2) is 27.4 Å². The van der Waals surface area contributed by atoms with Crippen molar-refractivity contribution >= 4 is 27.4 Å². The van der Waals surface area contributed by atoms with E-state index in [9.17, 15) is 14.4 Å². The van der Waals surface area contributed by atoms with Crippen LogP contribution in [0.4, 0.5) is 0 Å². The Bertz CT molecular complexity index is 187. The second-order valence-corrected chi connectivity index (χ2v) is 3.14. The van der Waals surface area contributed by atoms with E-state index in [0.717, 1.165) is 20.8 Å². The minimum atomic E-state index is -2.59. The monoisotopic (exact) mass is 205 g/mol. The van der Waals surface area contributed by atoms with Crippen molar-refractivity contribution in [1.82, 2.24) is 0 Å². The highest BCUT2D eigenvalue weighted by atomic mass is 28.3. The topological polar surface area (TPSA) is 78.9 Å². The van der Waals surface area contributed by atoms with Gasteiger partial charge in [0.15, 0.2) is 0 Å². The molecule has 0 spiro atoms. The molecule has 1 radical (unpaired) electrons. The lowest BCUT2D eigenvalue weighted by Crippen LogP contribution is -2.32. The molecule has 0 aliphatic rings. The van der Waals surface area contributed by atoms with Crippen LogP contribution in [0.3, 0.4) is 0 Å². The lowest BCUT2D eigenvalue weighted by Gasteiger charge is -2.09. The van der Waals surface area contributed by atoms with Gasteiger partial charge in [-0.15, -0.1) is 0 Å². The van der Waals surface area contributed by atoms with Gasteiger partial charge in [-0.3, -0.25) is 14.4 Å². The van der Waals surface area contributed by atoms with Crippen LogP contribution >= 0.6 is 0 Å². The average Bonchev–Trinajstić information content (AvgIpc) is 1.80. The first kappa shape index (κ1) is 11.6. The van der Waals surface area contributed by atoms with Crippen LogP contribution < -0.4 is 0 Å². The van der Waals surface area contributed by atoms with E-state index in [-0.39, 0.29) is 0 Å². The molecule has 0 aliphatic heterocycles. The number of hydrogen-bond acceptors (Lipinski definition) is 6.